The van der Waals surface area contributed by atoms with Crippen molar-refractivity contribution in [3.05, 3.63) is 22.7 Å². The molecule has 0 bridgehead atoms. The van der Waals surface area contributed by atoms with Crippen molar-refractivity contribution in [2.45, 2.75) is 32.9 Å². The first-order chi connectivity index (χ1) is 9.97. The summed E-state index contributed by atoms with van der Waals surface area (Å²) in [4.78, 5) is 11.2. The van der Waals surface area contributed by atoms with Crippen LogP contribution in [0.4, 0.5) is 0 Å². The van der Waals surface area contributed by atoms with Crippen LogP contribution in [0.1, 0.15) is 25.8 Å². The van der Waals surface area contributed by atoms with E-state index in [1.165, 1.54) is 0 Å². The number of carbonyl (C=O) groups is 1. The lowest BCUT2D eigenvalue weighted by Crippen LogP contribution is -2.37. The minimum absolute atomic E-state index is 0.308. The Morgan fingerprint density at radius 2 is 2.10 bits per heavy atom. The molecule has 1 aromatic rings. The molecule has 2 N–H and O–H groups in total. The summed E-state index contributed by atoms with van der Waals surface area (Å²) < 4.78 is 11.0. The van der Waals surface area contributed by atoms with Crippen LogP contribution in [0.3, 0.4) is 0 Å². The van der Waals surface area contributed by atoms with Gasteiger partial charge in [-0.2, -0.15) is 0 Å². The smallest absolute Gasteiger partial charge is 0.320 e. The molecular formula is C15H20ClNO4. The van der Waals surface area contributed by atoms with Gasteiger partial charge in [0.2, 0.25) is 0 Å². The summed E-state index contributed by atoms with van der Waals surface area (Å²) >= 11 is 6.16. The minimum Gasteiger partial charge on any atom is -0.486 e. The fourth-order valence-electron chi connectivity index (χ4n) is 2.25. The molecule has 1 atom stereocenters. The zero-order chi connectivity index (χ0) is 15.4. The van der Waals surface area contributed by atoms with Crippen LogP contribution in [0.5, 0.6) is 11.5 Å². The Bertz CT molecular complexity index is 519. The van der Waals surface area contributed by atoms with Crippen LogP contribution in [0.25, 0.3) is 0 Å². The Kier molecular flexibility index (Phi) is 5.31. The van der Waals surface area contributed by atoms with Crippen LogP contribution < -0.4 is 14.8 Å². The van der Waals surface area contributed by atoms with Crippen molar-refractivity contribution in [3.63, 3.8) is 0 Å². The van der Waals surface area contributed by atoms with Gasteiger partial charge < -0.3 is 19.9 Å². The van der Waals surface area contributed by atoms with Gasteiger partial charge in [-0.05, 0) is 30.0 Å². The fourth-order valence-corrected chi connectivity index (χ4v) is 2.54. The monoisotopic (exact) mass is 313 g/mol. The zero-order valence-corrected chi connectivity index (χ0v) is 12.9. The number of carboxylic acids is 1. The van der Waals surface area contributed by atoms with Crippen molar-refractivity contribution in [3.8, 4) is 11.5 Å². The Balaban J connectivity index is 2.05. The van der Waals surface area contributed by atoms with E-state index in [1.807, 2.05) is 19.9 Å². The van der Waals surface area contributed by atoms with E-state index in [0.717, 1.165) is 5.56 Å². The molecule has 0 radical (unpaired) electrons. The summed E-state index contributed by atoms with van der Waals surface area (Å²) in [6.07, 6.45) is 0.577. The number of fused-ring (bicyclic) bond motifs is 1. The molecule has 1 aliphatic heterocycles. The highest BCUT2D eigenvalue weighted by Crippen LogP contribution is 2.38. The van der Waals surface area contributed by atoms with Gasteiger partial charge in [-0.15, -0.1) is 0 Å². The molecule has 0 unspecified atom stereocenters. The van der Waals surface area contributed by atoms with E-state index in [1.54, 1.807) is 6.07 Å². The number of hydrogen-bond acceptors (Lipinski definition) is 4. The maximum Gasteiger partial charge on any atom is 0.320 e. The Labute approximate surface area is 129 Å². The molecule has 116 valence electrons. The van der Waals surface area contributed by atoms with E-state index in [0.29, 0.717) is 48.6 Å². The number of ether oxygens (including phenoxy) is 2. The van der Waals surface area contributed by atoms with Gasteiger partial charge in [0.25, 0.3) is 0 Å². The van der Waals surface area contributed by atoms with Gasteiger partial charge >= 0.3 is 5.97 Å². The number of hydrogen-bond donors (Lipinski definition) is 2. The highest BCUT2D eigenvalue weighted by Gasteiger charge is 2.20. The van der Waals surface area contributed by atoms with Gasteiger partial charge in [-0.3, -0.25) is 4.79 Å². The molecule has 1 aromatic carbocycles. The lowest BCUT2D eigenvalue weighted by atomic mass is 10.0. The molecule has 0 aliphatic carbocycles. The van der Waals surface area contributed by atoms with Gasteiger partial charge in [-0.25, -0.2) is 0 Å². The Morgan fingerprint density at radius 3 is 2.76 bits per heavy atom. The third-order valence-electron chi connectivity index (χ3n) is 3.21. The first kappa shape index (κ1) is 15.9. The summed E-state index contributed by atoms with van der Waals surface area (Å²) in [6, 6.07) is 3.04. The van der Waals surface area contributed by atoms with Gasteiger partial charge in [0.1, 0.15) is 19.3 Å². The van der Waals surface area contributed by atoms with E-state index in [-0.39, 0.29) is 0 Å². The molecule has 0 spiro atoms. The van der Waals surface area contributed by atoms with Gasteiger partial charge in [-0.1, -0.05) is 25.4 Å². The van der Waals surface area contributed by atoms with E-state index >= 15 is 0 Å². The SMILES string of the molecule is CC(C)C[C@@H](NCc1cc(Cl)c2c(c1)OCCO2)C(=O)O. The molecule has 2 rings (SSSR count). The number of halogens is 1. The van der Waals surface area contributed by atoms with Crippen molar-refractivity contribution in [1.29, 1.82) is 0 Å². The maximum absolute atomic E-state index is 11.2. The fraction of sp³-hybridized carbons (Fsp3) is 0.533. The van der Waals surface area contributed by atoms with Crippen LogP contribution in [0, 0.1) is 5.92 Å². The molecule has 0 aromatic heterocycles. The van der Waals surface area contributed by atoms with Crippen molar-refractivity contribution in [1.82, 2.24) is 5.32 Å². The first-order valence-electron chi connectivity index (χ1n) is 7.01. The zero-order valence-electron chi connectivity index (χ0n) is 12.2. The highest BCUT2D eigenvalue weighted by molar-refractivity contribution is 6.32. The molecule has 1 heterocycles. The van der Waals surface area contributed by atoms with Crippen LogP contribution >= 0.6 is 11.6 Å². The summed E-state index contributed by atoms with van der Waals surface area (Å²) in [5.74, 6) is 0.639. The lowest BCUT2D eigenvalue weighted by Gasteiger charge is -2.21. The maximum atomic E-state index is 11.2. The second-order valence-corrected chi connectivity index (χ2v) is 5.91. The molecule has 5 nitrogen and oxygen atoms in total. The Morgan fingerprint density at radius 1 is 1.38 bits per heavy atom. The standard InChI is InChI=1S/C15H20ClNO4/c1-9(2)5-12(15(18)19)17-8-10-6-11(16)14-13(7-10)20-3-4-21-14/h6-7,9,12,17H,3-5,8H2,1-2H3,(H,18,19)/t12-/m1/s1. The highest BCUT2D eigenvalue weighted by atomic mass is 35.5. The summed E-state index contributed by atoms with van der Waals surface area (Å²) in [5.41, 5.74) is 0.874. The van der Waals surface area contributed by atoms with Crippen LogP contribution in [-0.4, -0.2) is 30.3 Å². The first-order valence-corrected chi connectivity index (χ1v) is 7.39. The van der Waals surface area contributed by atoms with Crippen molar-refractivity contribution in [2.75, 3.05) is 13.2 Å². The van der Waals surface area contributed by atoms with Crippen molar-refractivity contribution in [2.24, 2.45) is 5.92 Å². The number of aliphatic carboxylic acids is 1. The van der Waals surface area contributed by atoms with Crippen LogP contribution in [0.2, 0.25) is 5.02 Å². The molecule has 21 heavy (non-hydrogen) atoms. The van der Waals surface area contributed by atoms with Crippen LogP contribution in [0.15, 0.2) is 12.1 Å². The number of benzene rings is 1. The normalized spacial score (nSPS) is 15.0. The average molecular weight is 314 g/mol. The molecule has 0 amide bonds. The molecule has 0 fully saturated rings. The number of carboxylic acid groups (broad SMARTS) is 1. The molecule has 6 heteroatoms. The van der Waals surface area contributed by atoms with Crippen molar-refractivity contribution >= 4 is 17.6 Å². The number of nitrogens with one attached hydrogen (secondary N) is 1. The predicted octanol–water partition coefficient (Wildman–Crippen LogP) is 2.70. The lowest BCUT2D eigenvalue weighted by molar-refractivity contribution is -0.140. The van der Waals surface area contributed by atoms with Gasteiger partial charge in [0.15, 0.2) is 11.5 Å². The molecule has 1 aliphatic rings. The van der Waals surface area contributed by atoms with E-state index in [2.05, 4.69) is 5.32 Å². The summed E-state index contributed by atoms with van der Waals surface area (Å²) in [7, 11) is 0. The Hall–Kier alpha value is -1.46. The average Bonchev–Trinajstić information content (AvgIpc) is 2.43. The van der Waals surface area contributed by atoms with E-state index < -0.39 is 12.0 Å². The summed E-state index contributed by atoms with van der Waals surface area (Å²) in [6.45, 7) is 5.39. The largest absolute Gasteiger partial charge is 0.486 e. The topological polar surface area (TPSA) is 67.8 Å². The van der Waals surface area contributed by atoms with Crippen molar-refractivity contribution < 1.29 is 19.4 Å². The third-order valence-corrected chi connectivity index (χ3v) is 3.50. The summed E-state index contributed by atoms with van der Waals surface area (Å²) in [5, 5.41) is 12.7. The minimum atomic E-state index is -0.840. The second kappa shape index (κ2) is 7.00. The van der Waals surface area contributed by atoms with Gasteiger partial charge in [0, 0.05) is 6.54 Å². The van der Waals surface area contributed by atoms with Gasteiger partial charge in [0.05, 0.1) is 5.02 Å². The molecule has 0 saturated heterocycles. The molecular weight excluding hydrogens is 294 g/mol. The number of rotatable bonds is 6. The van der Waals surface area contributed by atoms with E-state index in [4.69, 9.17) is 21.1 Å². The van der Waals surface area contributed by atoms with Crippen LogP contribution in [-0.2, 0) is 11.3 Å². The predicted molar refractivity (Wildman–Crippen MR) is 80.2 cm³/mol. The van der Waals surface area contributed by atoms with E-state index in [9.17, 15) is 9.90 Å². The second-order valence-electron chi connectivity index (χ2n) is 5.50. The quantitative estimate of drug-likeness (QED) is 0.845. The third kappa shape index (κ3) is 4.25. The molecule has 0 saturated carbocycles.